The van der Waals surface area contributed by atoms with Gasteiger partial charge in [0, 0.05) is 32.1 Å². The van der Waals surface area contributed by atoms with Crippen molar-refractivity contribution in [3.63, 3.8) is 0 Å². The van der Waals surface area contributed by atoms with E-state index in [0.717, 1.165) is 32.2 Å². The van der Waals surface area contributed by atoms with Crippen LogP contribution in [-0.4, -0.2) is 38.5 Å². The van der Waals surface area contributed by atoms with Crippen LogP contribution in [0.5, 0.6) is 0 Å². The van der Waals surface area contributed by atoms with Crippen molar-refractivity contribution in [1.82, 2.24) is 20.0 Å². The Morgan fingerprint density at radius 1 is 1.48 bits per heavy atom. The molecule has 1 saturated heterocycles. The number of likely N-dealkylation sites (tertiary alicyclic amines) is 1. The molecular weight excluding hydrogens is 268 g/mol. The lowest BCUT2D eigenvalue weighted by atomic mass is 10.1. The lowest BCUT2D eigenvalue weighted by molar-refractivity contribution is 0.0724. The molecule has 21 heavy (non-hydrogen) atoms. The Morgan fingerprint density at radius 3 is 3.10 bits per heavy atom. The predicted octanol–water partition coefficient (Wildman–Crippen LogP) is 2.01. The van der Waals surface area contributed by atoms with E-state index in [9.17, 15) is 4.79 Å². The molecule has 1 aliphatic rings. The van der Waals surface area contributed by atoms with Gasteiger partial charge in [-0.25, -0.2) is 0 Å². The van der Waals surface area contributed by atoms with Gasteiger partial charge in [0.05, 0.1) is 0 Å². The van der Waals surface area contributed by atoms with Crippen molar-refractivity contribution in [1.29, 1.82) is 0 Å². The number of hydrogen-bond donors (Lipinski definition) is 0. The van der Waals surface area contributed by atoms with Crippen LogP contribution in [0.2, 0.25) is 0 Å². The minimum Gasteiger partial charge on any atom is -0.340 e. The maximum absolute atomic E-state index is 12.5. The van der Waals surface area contributed by atoms with Crippen LogP contribution in [0.3, 0.4) is 0 Å². The zero-order valence-electron chi connectivity index (χ0n) is 12.0. The summed E-state index contributed by atoms with van der Waals surface area (Å²) in [7, 11) is 0. The molecule has 0 radical (unpaired) electrons. The Morgan fingerprint density at radius 2 is 2.38 bits per heavy atom. The Balaban J connectivity index is 1.64. The molecule has 2 aromatic rings. The largest absolute Gasteiger partial charge is 0.340 e. The average molecular weight is 286 g/mol. The fourth-order valence-corrected chi connectivity index (χ4v) is 2.78. The highest BCUT2D eigenvalue weighted by atomic mass is 16.5. The third-order valence-corrected chi connectivity index (χ3v) is 3.79. The SMILES string of the molecule is Cc1nc(CCC2CCCN2C(=O)c2ccccn2)no1. The van der Waals surface area contributed by atoms with Crippen molar-refractivity contribution in [2.45, 2.75) is 38.6 Å². The maximum Gasteiger partial charge on any atom is 0.272 e. The number of hydrogen-bond acceptors (Lipinski definition) is 5. The Labute approximate surface area is 123 Å². The monoisotopic (exact) mass is 286 g/mol. The predicted molar refractivity (Wildman–Crippen MR) is 75.7 cm³/mol. The number of rotatable bonds is 4. The summed E-state index contributed by atoms with van der Waals surface area (Å²) in [6.07, 6.45) is 5.30. The molecule has 1 atom stereocenters. The third kappa shape index (κ3) is 3.09. The minimum atomic E-state index is 0.0161. The van der Waals surface area contributed by atoms with Crippen molar-refractivity contribution < 1.29 is 9.32 Å². The van der Waals surface area contributed by atoms with E-state index in [4.69, 9.17) is 4.52 Å². The fourth-order valence-electron chi connectivity index (χ4n) is 2.78. The van der Waals surface area contributed by atoms with E-state index in [1.54, 1.807) is 19.2 Å². The Hall–Kier alpha value is -2.24. The summed E-state index contributed by atoms with van der Waals surface area (Å²) in [6.45, 7) is 2.58. The number of nitrogens with zero attached hydrogens (tertiary/aromatic N) is 4. The molecule has 1 unspecified atom stereocenters. The summed E-state index contributed by atoms with van der Waals surface area (Å²) in [5.74, 6) is 1.31. The highest BCUT2D eigenvalue weighted by Crippen LogP contribution is 2.23. The van der Waals surface area contributed by atoms with E-state index >= 15 is 0 Å². The van der Waals surface area contributed by atoms with Gasteiger partial charge in [0.1, 0.15) is 5.69 Å². The number of carbonyl (C=O) groups excluding carboxylic acids is 1. The molecule has 0 spiro atoms. The van der Waals surface area contributed by atoms with Crippen molar-refractivity contribution in [2.75, 3.05) is 6.54 Å². The van der Waals surface area contributed by atoms with Gasteiger partial charge < -0.3 is 9.42 Å². The maximum atomic E-state index is 12.5. The summed E-state index contributed by atoms with van der Waals surface area (Å²) >= 11 is 0. The summed E-state index contributed by atoms with van der Waals surface area (Å²) in [6, 6.07) is 5.66. The van der Waals surface area contributed by atoms with Crippen molar-refractivity contribution in [2.24, 2.45) is 0 Å². The molecule has 3 heterocycles. The quantitative estimate of drug-likeness (QED) is 0.859. The van der Waals surface area contributed by atoms with E-state index in [1.165, 1.54) is 0 Å². The van der Waals surface area contributed by atoms with Crippen molar-refractivity contribution >= 4 is 5.91 Å². The van der Waals surface area contributed by atoms with E-state index in [1.807, 2.05) is 17.0 Å². The van der Waals surface area contributed by atoms with Crippen molar-refractivity contribution in [3.8, 4) is 0 Å². The third-order valence-electron chi connectivity index (χ3n) is 3.79. The van der Waals surface area contributed by atoms with Crippen molar-refractivity contribution in [3.05, 3.63) is 41.8 Å². The normalized spacial score (nSPS) is 18.1. The minimum absolute atomic E-state index is 0.0161. The van der Waals surface area contributed by atoms with Crippen LogP contribution in [0, 0.1) is 6.92 Å². The van der Waals surface area contributed by atoms with Crippen LogP contribution in [0.25, 0.3) is 0 Å². The molecule has 6 nitrogen and oxygen atoms in total. The molecule has 1 aliphatic heterocycles. The zero-order chi connectivity index (χ0) is 14.7. The molecule has 0 aromatic carbocycles. The van der Waals surface area contributed by atoms with E-state index < -0.39 is 0 Å². The molecule has 0 aliphatic carbocycles. The molecule has 3 rings (SSSR count). The number of pyridine rings is 1. The van der Waals surface area contributed by atoms with Gasteiger partial charge in [-0.1, -0.05) is 11.2 Å². The first-order valence-electron chi connectivity index (χ1n) is 7.25. The van der Waals surface area contributed by atoms with Crippen LogP contribution in [0.4, 0.5) is 0 Å². The van der Waals surface area contributed by atoms with Gasteiger partial charge in [0.25, 0.3) is 5.91 Å². The van der Waals surface area contributed by atoms with Gasteiger partial charge in [-0.15, -0.1) is 0 Å². The summed E-state index contributed by atoms with van der Waals surface area (Å²) in [4.78, 5) is 22.8. The molecule has 0 N–H and O–H groups in total. The van der Waals surface area contributed by atoms with Crippen LogP contribution >= 0.6 is 0 Å². The van der Waals surface area contributed by atoms with E-state index in [0.29, 0.717) is 17.4 Å². The second-order valence-corrected chi connectivity index (χ2v) is 5.28. The first-order valence-corrected chi connectivity index (χ1v) is 7.25. The molecule has 1 amide bonds. The van der Waals surface area contributed by atoms with Crippen LogP contribution in [0.15, 0.2) is 28.9 Å². The molecular formula is C15H18N4O2. The van der Waals surface area contributed by atoms with Gasteiger partial charge in [-0.3, -0.25) is 9.78 Å². The number of aryl methyl sites for hydroxylation is 2. The van der Waals surface area contributed by atoms with Gasteiger partial charge >= 0.3 is 0 Å². The second-order valence-electron chi connectivity index (χ2n) is 5.28. The molecule has 0 saturated carbocycles. The lowest BCUT2D eigenvalue weighted by Gasteiger charge is -2.24. The molecule has 6 heteroatoms. The van der Waals surface area contributed by atoms with Gasteiger partial charge in [-0.2, -0.15) is 4.98 Å². The number of amides is 1. The Kier molecular flexibility index (Phi) is 3.94. The Bertz CT molecular complexity index is 611. The van der Waals surface area contributed by atoms with Gasteiger partial charge in [0.15, 0.2) is 5.82 Å². The second kappa shape index (κ2) is 6.03. The lowest BCUT2D eigenvalue weighted by Crippen LogP contribution is -2.36. The first-order chi connectivity index (χ1) is 10.2. The fraction of sp³-hybridized carbons (Fsp3) is 0.467. The highest BCUT2D eigenvalue weighted by Gasteiger charge is 2.29. The smallest absolute Gasteiger partial charge is 0.272 e. The van der Waals surface area contributed by atoms with Crippen LogP contribution in [-0.2, 0) is 6.42 Å². The van der Waals surface area contributed by atoms with E-state index in [2.05, 4.69) is 15.1 Å². The van der Waals surface area contributed by atoms with Crippen LogP contribution in [0.1, 0.15) is 41.5 Å². The highest BCUT2D eigenvalue weighted by molar-refractivity contribution is 5.92. The van der Waals surface area contributed by atoms with Gasteiger partial charge in [0.2, 0.25) is 5.89 Å². The van der Waals surface area contributed by atoms with E-state index in [-0.39, 0.29) is 11.9 Å². The number of aromatic nitrogens is 3. The molecule has 2 aromatic heterocycles. The number of carbonyl (C=O) groups is 1. The summed E-state index contributed by atoms with van der Waals surface area (Å²) in [5, 5.41) is 3.90. The average Bonchev–Trinajstić information content (AvgIpc) is 3.14. The molecule has 0 bridgehead atoms. The zero-order valence-corrected chi connectivity index (χ0v) is 12.0. The standard InChI is InChI=1S/C15H18N4O2/c1-11-17-14(18-21-11)8-7-12-5-4-10-19(12)15(20)13-6-2-3-9-16-13/h2-3,6,9,12H,4-5,7-8,10H2,1H3. The summed E-state index contributed by atoms with van der Waals surface area (Å²) in [5.41, 5.74) is 0.514. The topological polar surface area (TPSA) is 72.1 Å². The summed E-state index contributed by atoms with van der Waals surface area (Å²) < 4.78 is 4.97. The van der Waals surface area contributed by atoms with Crippen LogP contribution < -0.4 is 0 Å². The first kappa shape index (κ1) is 13.7. The molecule has 1 fully saturated rings. The molecule has 110 valence electrons. The van der Waals surface area contributed by atoms with Gasteiger partial charge in [-0.05, 0) is 31.4 Å².